The van der Waals surface area contributed by atoms with Crippen LogP contribution in [0.1, 0.15) is 117 Å². The normalized spacial score (nSPS) is 14.8. The van der Waals surface area contributed by atoms with Crippen LogP contribution in [0.15, 0.2) is 131 Å². The summed E-state index contributed by atoms with van der Waals surface area (Å²) in [6.45, 7) is 24.8. The predicted molar refractivity (Wildman–Crippen MR) is 385 cm³/mol. The minimum absolute atomic E-state index is 0. The zero-order valence-corrected chi connectivity index (χ0v) is 60.3. The number of benzene rings is 5. The Morgan fingerprint density at radius 1 is 0.538 bits per heavy atom. The minimum atomic E-state index is -3.22. The van der Waals surface area contributed by atoms with Gasteiger partial charge >= 0.3 is 10.9 Å². The Hall–Kier alpha value is -6.41. The Balaban J connectivity index is 0.000000246. The first kappa shape index (κ1) is 79.0. The van der Waals surface area contributed by atoms with Crippen LogP contribution >= 0.6 is 98.5 Å². The number of nitrogens with two attached hydrogens (primary N) is 1. The molecule has 498 valence electrons. The van der Waals surface area contributed by atoms with E-state index in [9.17, 15) is 22.9 Å². The molecule has 7 heterocycles. The van der Waals surface area contributed by atoms with E-state index in [0.717, 1.165) is 83.6 Å². The molecule has 93 heavy (non-hydrogen) atoms. The summed E-state index contributed by atoms with van der Waals surface area (Å²) in [5, 5.41) is 4.37. The Morgan fingerprint density at radius 2 is 0.957 bits per heavy atom. The molecule has 9 aromatic rings. The smallest absolute Gasteiger partial charge is 0.339 e. The lowest BCUT2D eigenvalue weighted by Gasteiger charge is -2.37. The molecule has 0 spiro atoms. The molecule has 16 nitrogen and oxygen atoms in total. The zero-order valence-electron chi connectivity index (χ0n) is 53.2. The maximum atomic E-state index is 13.1. The van der Waals surface area contributed by atoms with E-state index in [-0.39, 0.29) is 53.3 Å². The standard InChI is InChI=1S/C22H23FN4.C16H18ClN3.C10H13N.C6H6Cl2N2.C6H6FN.C6H8N2O2.Cl3OP.2ClH/c1-14-15(2)24-22(25-19-10-8-18(23)9-11-19)26-21(14)27-13-12-17-6-4-5-7-20(17)16(27)3;1-10-11(2)18-16(17)19-15(10)20-9-8-13-6-4-5-7-14(13)12(20)3;1-8-10-5-3-2-4-9(10)6-7-11-8;1-3-4(2)9-6(8)10-5(3)7;7-5-1-3-6(8)4-2-5;1-3-4(2)7-6(10)8-5(3)9;1-5(2,3)4;;/h4-11,16H,12-13H2,1-3H3,(H,24,25,26);4-7,12H,8-9H2,1-3H3;2-5,8,11H,6-7H2,1H3;1-2H3;1-4H,8H2;1-2H3,(H2,7,8,9,10);;2*1H. The summed E-state index contributed by atoms with van der Waals surface area (Å²) in [6, 6.07) is 39.0. The molecule has 3 atom stereocenters. The van der Waals surface area contributed by atoms with E-state index in [1.165, 1.54) is 76.2 Å². The van der Waals surface area contributed by atoms with Crippen LogP contribution in [-0.2, 0) is 23.8 Å². The van der Waals surface area contributed by atoms with Crippen molar-refractivity contribution in [1.82, 2.24) is 45.2 Å². The van der Waals surface area contributed by atoms with Crippen LogP contribution in [0, 0.1) is 67.0 Å². The largest absolute Gasteiger partial charge is 0.399 e. The molecule has 0 bridgehead atoms. The van der Waals surface area contributed by atoms with E-state index in [2.05, 4.69) is 196 Å². The van der Waals surface area contributed by atoms with Gasteiger partial charge in [-0.3, -0.25) is 14.3 Å². The average Bonchev–Trinajstić information content (AvgIpc) is 0.801. The second-order valence-corrected chi connectivity index (χ2v) is 29.3. The summed E-state index contributed by atoms with van der Waals surface area (Å²) in [6.07, 6.45) is 3.23. The van der Waals surface area contributed by atoms with Gasteiger partial charge in [-0.15, -0.1) is 24.8 Å². The van der Waals surface area contributed by atoms with Crippen molar-refractivity contribution in [2.75, 3.05) is 40.5 Å². The van der Waals surface area contributed by atoms with Gasteiger partial charge in [0.1, 0.15) is 28.4 Å². The number of nitrogens with zero attached hydrogens (tertiary/aromatic N) is 8. The molecule has 0 aliphatic carbocycles. The Morgan fingerprint density at radius 3 is 1.42 bits per heavy atom. The maximum absolute atomic E-state index is 13.1. The number of fused-ring (bicyclic) bond motifs is 3. The maximum Gasteiger partial charge on any atom is 0.339 e. The number of aryl methyl sites for hydroxylation is 4. The Bertz CT molecular complexity index is 4040. The van der Waals surface area contributed by atoms with Gasteiger partial charge in [0.25, 0.3) is 5.56 Å². The number of H-pyrrole nitrogens is 2. The van der Waals surface area contributed by atoms with Crippen molar-refractivity contribution in [2.24, 2.45) is 0 Å². The van der Waals surface area contributed by atoms with Crippen LogP contribution < -0.4 is 37.4 Å². The average molecular weight is 1450 g/mol. The summed E-state index contributed by atoms with van der Waals surface area (Å²) in [7, 11) is 0. The summed E-state index contributed by atoms with van der Waals surface area (Å²) in [5.41, 5.74) is 21.4. The summed E-state index contributed by atoms with van der Waals surface area (Å²) >= 11 is 31.1. The molecule has 0 radical (unpaired) electrons. The zero-order chi connectivity index (χ0) is 66.9. The third kappa shape index (κ3) is 23.8. The monoisotopic (exact) mass is 1450 g/mol. The molecule has 4 aromatic heterocycles. The summed E-state index contributed by atoms with van der Waals surface area (Å²) < 4.78 is 34.7. The first-order chi connectivity index (χ1) is 43.0. The van der Waals surface area contributed by atoms with Crippen LogP contribution in [0.5, 0.6) is 0 Å². The van der Waals surface area contributed by atoms with Crippen molar-refractivity contribution in [1.29, 1.82) is 0 Å². The van der Waals surface area contributed by atoms with Gasteiger partial charge in [0.15, 0.2) is 0 Å². The highest BCUT2D eigenvalue weighted by molar-refractivity contribution is 8.24. The Kier molecular flexibility index (Phi) is 31.5. The van der Waals surface area contributed by atoms with Gasteiger partial charge in [-0.1, -0.05) is 84.4 Å². The lowest BCUT2D eigenvalue weighted by molar-refractivity contribution is 0.541. The van der Waals surface area contributed by atoms with Gasteiger partial charge < -0.3 is 31.2 Å². The Labute approximate surface area is 583 Å². The van der Waals surface area contributed by atoms with Gasteiger partial charge in [-0.25, -0.2) is 38.5 Å². The third-order valence-corrected chi connectivity index (χ3v) is 16.2. The molecule has 0 amide bonds. The van der Waals surface area contributed by atoms with Crippen molar-refractivity contribution < 1.29 is 13.3 Å². The molecule has 0 saturated heterocycles. The van der Waals surface area contributed by atoms with E-state index in [4.69, 9.17) is 45.5 Å². The fraction of sp³-hybridized carbons (Fsp3) is 0.303. The van der Waals surface area contributed by atoms with Gasteiger partial charge in [0.05, 0.1) is 12.1 Å². The molecule has 12 rings (SSSR count). The SMILES string of the molecule is CC1NCCc2ccccc21.Cc1[nH]c(=O)[nH]c(=O)c1C.Cc1nc(Cl)nc(Cl)c1C.Cc1nc(Cl)nc(N2CCc3ccccc3C2C)c1C.Cc1nc(Nc2ccc(F)cc2)nc(N2CCc3ccccc3C2C)c1C.Cl.Cl.Nc1ccc(F)cc1.O=P(Cl)(Cl)Cl. The van der Waals surface area contributed by atoms with E-state index >= 15 is 0 Å². The first-order valence-electron chi connectivity index (χ1n) is 29.0. The summed E-state index contributed by atoms with van der Waals surface area (Å²) in [4.78, 5) is 56.3. The number of nitrogens with one attached hydrogen (secondary N) is 4. The number of halogens is 10. The third-order valence-electron chi connectivity index (χ3n) is 15.5. The minimum Gasteiger partial charge on any atom is -0.399 e. The van der Waals surface area contributed by atoms with E-state index < -0.39 is 10.9 Å². The van der Waals surface area contributed by atoms with Crippen LogP contribution in [0.3, 0.4) is 0 Å². The van der Waals surface area contributed by atoms with E-state index in [1.54, 1.807) is 26.0 Å². The molecule has 6 N–H and O–H groups in total. The highest BCUT2D eigenvalue weighted by Crippen LogP contribution is 2.61. The van der Waals surface area contributed by atoms with Crippen molar-refractivity contribution in [2.45, 2.75) is 114 Å². The van der Waals surface area contributed by atoms with Gasteiger partial charge in [0, 0.05) is 75.5 Å². The quantitative estimate of drug-likeness (QED) is 0.0480. The molecule has 3 aliphatic rings. The molecule has 3 aliphatic heterocycles. The lowest BCUT2D eigenvalue weighted by Crippen LogP contribution is -2.35. The van der Waals surface area contributed by atoms with Gasteiger partial charge in [0.2, 0.25) is 16.5 Å². The van der Waals surface area contributed by atoms with E-state index in [1.807, 2.05) is 27.7 Å². The van der Waals surface area contributed by atoms with Crippen LogP contribution in [-0.4, -0.2) is 59.5 Å². The number of aromatic amines is 2. The fourth-order valence-corrected chi connectivity index (χ4v) is 10.7. The lowest BCUT2D eigenvalue weighted by atomic mass is 9.93. The number of rotatable bonds is 4. The van der Waals surface area contributed by atoms with E-state index in [0.29, 0.717) is 45.4 Å². The highest BCUT2D eigenvalue weighted by Gasteiger charge is 2.28. The van der Waals surface area contributed by atoms with Crippen molar-refractivity contribution in [3.63, 3.8) is 0 Å². The van der Waals surface area contributed by atoms with Gasteiger partial charge in [-0.05, 0) is 241 Å². The highest BCUT2D eigenvalue weighted by atomic mass is 36.0. The number of hydrogen-bond donors (Lipinski definition) is 5. The topological polar surface area (TPSA) is 217 Å². The molecule has 3 unspecified atom stereocenters. The summed E-state index contributed by atoms with van der Waals surface area (Å²) in [5.74, 6) is 1.94. The number of nitrogen functional groups attached to an aromatic ring is 1. The van der Waals surface area contributed by atoms with Crippen molar-refractivity contribution in [3.05, 3.63) is 248 Å². The molecule has 0 fully saturated rings. The first-order valence-corrected chi connectivity index (χ1v) is 34.6. The second kappa shape index (κ2) is 37.0. The molecule has 0 saturated carbocycles. The number of hydrogen-bond acceptors (Lipinski definition) is 14. The molecular formula is C66H76Cl8F2N13O3P. The van der Waals surface area contributed by atoms with Gasteiger partial charge in [-0.2, -0.15) is 4.98 Å². The predicted octanol–water partition coefficient (Wildman–Crippen LogP) is 18.0. The van der Waals surface area contributed by atoms with Crippen molar-refractivity contribution >= 4 is 127 Å². The molecular weight excluding hydrogens is 1380 g/mol. The van der Waals surface area contributed by atoms with Crippen LogP contribution in [0.4, 0.5) is 37.7 Å². The molecule has 27 heteroatoms. The van der Waals surface area contributed by atoms with Crippen LogP contribution in [0.2, 0.25) is 15.7 Å². The fourth-order valence-electron chi connectivity index (χ4n) is 10.00. The van der Waals surface area contributed by atoms with Crippen LogP contribution in [0.25, 0.3) is 0 Å². The second-order valence-electron chi connectivity index (χ2n) is 21.6. The van der Waals surface area contributed by atoms with Crippen molar-refractivity contribution in [3.8, 4) is 0 Å². The number of aromatic nitrogens is 8. The molecule has 5 aromatic carbocycles. The number of anilines is 5.